The largest absolute Gasteiger partial charge is 0.508 e. The first kappa shape index (κ1) is 10.4. The summed E-state index contributed by atoms with van der Waals surface area (Å²) < 4.78 is 0. The molecule has 2 aromatic carbocycles. The van der Waals surface area contributed by atoms with Crippen molar-refractivity contribution in [2.24, 2.45) is 0 Å². The second-order valence-corrected chi connectivity index (χ2v) is 3.74. The van der Waals surface area contributed by atoms with E-state index in [1.807, 2.05) is 6.92 Å². The van der Waals surface area contributed by atoms with Gasteiger partial charge >= 0.3 is 0 Å². The van der Waals surface area contributed by atoms with Crippen molar-refractivity contribution in [3.05, 3.63) is 42.0 Å². The van der Waals surface area contributed by atoms with Crippen LogP contribution >= 0.6 is 0 Å². The van der Waals surface area contributed by atoms with Crippen molar-refractivity contribution in [3.8, 4) is 28.4 Å². The lowest BCUT2D eigenvalue weighted by atomic mass is 10.00. The zero-order valence-electron chi connectivity index (χ0n) is 8.81. The molecular formula is C13H12O3. The molecule has 0 aliphatic heterocycles. The summed E-state index contributed by atoms with van der Waals surface area (Å²) in [7, 11) is 0. The Balaban J connectivity index is 2.62. The predicted octanol–water partition coefficient (Wildman–Crippen LogP) is 2.78. The van der Waals surface area contributed by atoms with E-state index in [1.54, 1.807) is 30.3 Å². The van der Waals surface area contributed by atoms with Gasteiger partial charge < -0.3 is 15.3 Å². The van der Waals surface area contributed by atoms with E-state index >= 15 is 0 Å². The summed E-state index contributed by atoms with van der Waals surface area (Å²) in [6, 6.07) is 9.33. The summed E-state index contributed by atoms with van der Waals surface area (Å²) in [5.74, 6) is 0.152. The third kappa shape index (κ3) is 1.93. The fraction of sp³-hybridized carbons (Fsp3) is 0.0769. The average molecular weight is 216 g/mol. The van der Waals surface area contributed by atoms with Crippen LogP contribution in [0.15, 0.2) is 36.4 Å². The Bertz CT molecular complexity index is 512. The highest BCUT2D eigenvalue weighted by molar-refractivity contribution is 5.71. The first-order valence-electron chi connectivity index (χ1n) is 4.89. The van der Waals surface area contributed by atoms with E-state index in [2.05, 4.69) is 0 Å². The lowest BCUT2D eigenvalue weighted by Gasteiger charge is -2.07. The van der Waals surface area contributed by atoms with E-state index in [0.717, 1.165) is 11.1 Å². The highest BCUT2D eigenvalue weighted by Crippen LogP contribution is 2.32. The van der Waals surface area contributed by atoms with Crippen molar-refractivity contribution in [3.63, 3.8) is 0 Å². The third-order valence-corrected chi connectivity index (χ3v) is 2.43. The average Bonchev–Trinajstić information content (AvgIpc) is 2.20. The Morgan fingerprint density at radius 3 is 2.00 bits per heavy atom. The number of phenolic OH excluding ortho intramolecular Hbond substituents is 3. The van der Waals surface area contributed by atoms with Gasteiger partial charge in [-0.25, -0.2) is 0 Å². The maximum atomic E-state index is 9.41. The Labute approximate surface area is 93.2 Å². The van der Waals surface area contributed by atoms with Crippen LogP contribution in [0.5, 0.6) is 17.2 Å². The molecule has 0 amide bonds. The summed E-state index contributed by atoms with van der Waals surface area (Å²) >= 11 is 0. The Hall–Kier alpha value is -2.16. The second-order valence-electron chi connectivity index (χ2n) is 3.74. The zero-order chi connectivity index (χ0) is 11.7. The van der Waals surface area contributed by atoms with Gasteiger partial charge in [0, 0.05) is 6.07 Å². The summed E-state index contributed by atoms with van der Waals surface area (Å²) in [6.07, 6.45) is 0. The van der Waals surface area contributed by atoms with Gasteiger partial charge in [0.1, 0.15) is 17.2 Å². The van der Waals surface area contributed by atoms with Gasteiger partial charge in [0.15, 0.2) is 0 Å². The van der Waals surface area contributed by atoms with Crippen LogP contribution < -0.4 is 0 Å². The molecule has 0 aliphatic carbocycles. The van der Waals surface area contributed by atoms with E-state index < -0.39 is 0 Å². The highest BCUT2D eigenvalue weighted by atomic mass is 16.3. The Morgan fingerprint density at radius 2 is 1.38 bits per heavy atom. The topological polar surface area (TPSA) is 60.7 Å². The molecule has 3 nitrogen and oxygen atoms in total. The fourth-order valence-corrected chi connectivity index (χ4v) is 1.67. The molecule has 0 saturated carbocycles. The van der Waals surface area contributed by atoms with Gasteiger partial charge in [-0.2, -0.15) is 0 Å². The molecule has 0 unspecified atom stereocenters. The van der Waals surface area contributed by atoms with Gasteiger partial charge in [0.2, 0.25) is 0 Å². The van der Waals surface area contributed by atoms with Crippen LogP contribution in [0.4, 0.5) is 0 Å². The molecule has 0 aromatic heterocycles. The number of phenols is 3. The molecule has 0 saturated heterocycles. The van der Waals surface area contributed by atoms with Crippen LogP contribution in [-0.2, 0) is 0 Å². The second kappa shape index (κ2) is 3.77. The predicted molar refractivity (Wildman–Crippen MR) is 61.6 cm³/mol. The summed E-state index contributed by atoms with van der Waals surface area (Å²) in [5, 5.41) is 28.2. The van der Waals surface area contributed by atoms with Crippen LogP contribution in [0.1, 0.15) is 5.56 Å². The van der Waals surface area contributed by atoms with Crippen LogP contribution in [0.25, 0.3) is 11.1 Å². The molecule has 0 aliphatic rings. The van der Waals surface area contributed by atoms with E-state index in [9.17, 15) is 15.3 Å². The number of benzene rings is 2. The molecule has 16 heavy (non-hydrogen) atoms. The summed E-state index contributed by atoms with van der Waals surface area (Å²) in [6.45, 7) is 1.90. The molecule has 0 heterocycles. The molecule has 82 valence electrons. The molecule has 3 heteroatoms. The first-order chi connectivity index (χ1) is 7.56. The van der Waals surface area contributed by atoms with E-state index in [4.69, 9.17) is 0 Å². The maximum Gasteiger partial charge on any atom is 0.119 e. The van der Waals surface area contributed by atoms with Crippen molar-refractivity contribution in [1.29, 1.82) is 0 Å². The Morgan fingerprint density at radius 1 is 0.750 bits per heavy atom. The molecule has 0 spiro atoms. The highest BCUT2D eigenvalue weighted by Gasteiger charge is 2.06. The van der Waals surface area contributed by atoms with Gasteiger partial charge in [0.05, 0.1) is 0 Å². The zero-order valence-corrected chi connectivity index (χ0v) is 8.81. The standard InChI is InChI=1S/C13H12O3/c1-8-2-3-10(14)7-13(8)9-4-11(15)6-12(16)5-9/h2-7,14-16H,1H3. The smallest absolute Gasteiger partial charge is 0.119 e. The van der Waals surface area contributed by atoms with Crippen LogP contribution in [0.2, 0.25) is 0 Å². The SMILES string of the molecule is Cc1ccc(O)cc1-c1cc(O)cc(O)c1. The normalized spacial score (nSPS) is 10.3. The van der Waals surface area contributed by atoms with Crippen molar-refractivity contribution in [1.82, 2.24) is 0 Å². The van der Waals surface area contributed by atoms with Gasteiger partial charge in [0.25, 0.3) is 0 Å². The number of hydrogen-bond acceptors (Lipinski definition) is 3. The number of hydrogen-bond donors (Lipinski definition) is 3. The van der Waals surface area contributed by atoms with Crippen molar-refractivity contribution >= 4 is 0 Å². The maximum absolute atomic E-state index is 9.41. The minimum absolute atomic E-state index is 0.00209. The third-order valence-electron chi connectivity index (χ3n) is 2.43. The van der Waals surface area contributed by atoms with E-state index in [0.29, 0.717) is 5.56 Å². The summed E-state index contributed by atoms with van der Waals surface area (Å²) in [4.78, 5) is 0. The van der Waals surface area contributed by atoms with Gasteiger partial charge in [-0.05, 0) is 47.9 Å². The van der Waals surface area contributed by atoms with Crippen molar-refractivity contribution in [2.75, 3.05) is 0 Å². The number of aromatic hydroxyl groups is 3. The molecule has 0 bridgehead atoms. The van der Waals surface area contributed by atoms with Crippen molar-refractivity contribution < 1.29 is 15.3 Å². The minimum Gasteiger partial charge on any atom is -0.508 e. The van der Waals surface area contributed by atoms with Crippen molar-refractivity contribution in [2.45, 2.75) is 6.92 Å². The monoisotopic (exact) mass is 216 g/mol. The van der Waals surface area contributed by atoms with Crippen LogP contribution in [0, 0.1) is 6.92 Å². The molecule has 0 fully saturated rings. The Kier molecular flexibility index (Phi) is 2.44. The van der Waals surface area contributed by atoms with Gasteiger partial charge in [-0.3, -0.25) is 0 Å². The first-order valence-corrected chi connectivity index (χ1v) is 4.89. The lowest BCUT2D eigenvalue weighted by Crippen LogP contribution is -1.83. The van der Waals surface area contributed by atoms with Gasteiger partial charge in [-0.1, -0.05) is 6.07 Å². The minimum atomic E-state index is -0.00209. The fourth-order valence-electron chi connectivity index (χ4n) is 1.67. The molecule has 0 atom stereocenters. The molecule has 0 radical (unpaired) electrons. The summed E-state index contributed by atoms with van der Waals surface area (Å²) in [5.41, 5.74) is 2.42. The molecule has 3 N–H and O–H groups in total. The number of rotatable bonds is 1. The molecular weight excluding hydrogens is 204 g/mol. The quantitative estimate of drug-likeness (QED) is 0.686. The molecule has 2 rings (SSSR count). The van der Waals surface area contributed by atoms with Gasteiger partial charge in [-0.15, -0.1) is 0 Å². The number of aryl methyl sites for hydroxylation is 1. The molecule has 2 aromatic rings. The lowest BCUT2D eigenvalue weighted by molar-refractivity contribution is 0.451. The van der Waals surface area contributed by atoms with Crippen LogP contribution in [-0.4, -0.2) is 15.3 Å². The van der Waals surface area contributed by atoms with Crippen LogP contribution in [0.3, 0.4) is 0 Å². The van der Waals surface area contributed by atoms with E-state index in [1.165, 1.54) is 6.07 Å². The van der Waals surface area contributed by atoms with E-state index in [-0.39, 0.29) is 17.2 Å².